The summed E-state index contributed by atoms with van der Waals surface area (Å²) < 4.78 is 38.4. The Bertz CT molecular complexity index is 516. The molecule has 1 aromatic rings. The highest BCUT2D eigenvalue weighted by Crippen LogP contribution is 2.36. The number of ketones is 1. The summed E-state index contributed by atoms with van der Waals surface area (Å²) in [5.41, 5.74) is 1.02. The van der Waals surface area contributed by atoms with Crippen LogP contribution in [0.2, 0.25) is 5.02 Å². The number of alkyl halides is 3. The first-order valence-electron chi connectivity index (χ1n) is 6.41. The maximum Gasteiger partial charge on any atom is 0.393 e. The Morgan fingerprint density at radius 2 is 2.10 bits per heavy atom. The average Bonchev–Trinajstić information content (AvgIpc) is 2.37. The molecule has 1 aliphatic heterocycles. The molecule has 0 N–H and O–H groups in total. The van der Waals surface area contributed by atoms with Gasteiger partial charge in [-0.25, -0.2) is 0 Å². The monoisotopic (exact) mass is 305 g/mol. The van der Waals surface area contributed by atoms with E-state index in [1.54, 1.807) is 17.0 Å². The third kappa shape index (κ3) is 3.26. The summed E-state index contributed by atoms with van der Waals surface area (Å²) in [5.74, 6) is -1.44. The number of anilines is 1. The molecule has 6 heteroatoms. The average molecular weight is 306 g/mol. The molecular formula is C14H15ClF3NO. The first-order valence-corrected chi connectivity index (χ1v) is 6.79. The Morgan fingerprint density at radius 1 is 1.40 bits per heavy atom. The van der Waals surface area contributed by atoms with Crippen molar-refractivity contribution in [2.24, 2.45) is 5.92 Å². The molecule has 2 nitrogen and oxygen atoms in total. The zero-order valence-corrected chi connectivity index (χ0v) is 11.8. The standard InChI is InChI=1S/C14H15ClF3NO/c1-9(20)10-4-5-13(12(15)7-10)19-6-2-3-11(8-19)14(16,17)18/h4-5,7,11H,2-3,6,8H2,1H3. The van der Waals surface area contributed by atoms with Crippen molar-refractivity contribution in [2.75, 3.05) is 18.0 Å². The van der Waals surface area contributed by atoms with Gasteiger partial charge in [0, 0.05) is 18.7 Å². The predicted octanol–water partition coefficient (Wildman–Crippen LogP) is 4.32. The highest BCUT2D eigenvalue weighted by molar-refractivity contribution is 6.33. The van der Waals surface area contributed by atoms with Crippen molar-refractivity contribution in [3.63, 3.8) is 0 Å². The third-order valence-corrected chi connectivity index (χ3v) is 3.88. The fraction of sp³-hybridized carbons (Fsp3) is 0.500. The minimum atomic E-state index is -4.18. The zero-order chi connectivity index (χ0) is 14.9. The van der Waals surface area contributed by atoms with E-state index in [9.17, 15) is 18.0 Å². The molecule has 1 aromatic carbocycles. The molecule has 0 saturated carbocycles. The van der Waals surface area contributed by atoms with Crippen molar-refractivity contribution >= 4 is 23.1 Å². The Hall–Kier alpha value is -1.23. The van der Waals surface area contributed by atoms with Gasteiger partial charge in [-0.05, 0) is 38.0 Å². The van der Waals surface area contributed by atoms with E-state index in [0.717, 1.165) is 0 Å². The molecule has 0 amide bonds. The molecule has 1 atom stereocenters. The van der Waals surface area contributed by atoms with E-state index in [4.69, 9.17) is 11.6 Å². The van der Waals surface area contributed by atoms with E-state index in [1.807, 2.05) is 0 Å². The van der Waals surface area contributed by atoms with Gasteiger partial charge in [0.2, 0.25) is 0 Å². The van der Waals surface area contributed by atoms with Crippen molar-refractivity contribution < 1.29 is 18.0 Å². The Balaban J connectivity index is 2.21. The molecule has 1 fully saturated rings. The van der Waals surface area contributed by atoms with Crippen LogP contribution in [0.1, 0.15) is 30.1 Å². The van der Waals surface area contributed by atoms with Gasteiger partial charge in [-0.2, -0.15) is 13.2 Å². The van der Waals surface area contributed by atoms with Crippen LogP contribution in [-0.4, -0.2) is 25.0 Å². The van der Waals surface area contributed by atoms with Crippen LogP contribution in [0.3, 0.4) is 0 Å². The smallest absolute Gasteiger partial charge is 0.370 e. The summed E-state index contributed by atoms with van der Waals surface area (Å²) in [5, 5.41) is 0.320. The maximum atomic E-state index is 12.8. The predicted molar refractivity (Wildman–Crippen MR) is 72.4 cm³/mol. The van der Waals surface area contributed by atoms with Gasteiger partial charge in [0.05, 0.1) is 16.6 Å². The number of hydrogen-bond donors (Lipinski definition) is 0. The minimum Gasteiger partial charge on any atom is -0.370 e. The van der Waals surface area contributed by atoms with Gasteiger partial charge in [0.15, 0.2) is 5.78 Å². The lowest BCUT2D eigenvalue weighted by Gasteiger charge is -2.35. The highest BCUT2D eigenvalue weighted by atomic mass is 35.5. The van der Waals surface area contributed by atoms with Crippen LogP contribution >= 0.6 is 11.6 Å². The van der Waals surface area contributed by atoms with Gasteiger partial charge in [0.1, 0.15) is 0 Å². The molecule has 110 valence electrons. The number of Topliss-reactive ketones (excluding diaryl/α,β-unsaturated/α-hetero) is 1. The van der Waals surface area contributed by atoms with Crippen LogP contribution in [0, 0.1) is 5.92 Å². The van der Waals surface area contributed by atoms with Crippen LogP contribution in [0.5, 0.6) is 0 Å². The number of benzene rings is 1. The fourth-order valence-corrected chi connectivity index (χ4v) is 2.75. The second kappa shape index (κ2) is 5.64. The lowest BCUT2D eigenvalue weighted by atomic mass is 9.97. The number of piperidine rings is 1. The summed E-state index contributed by atoms with van der Waals surface area (Å²) in [4.78, 5) is 12.9. The van der Waals surface area contributed by atoms with Gasteiger partial charge in [-0.1, -0.05) is 11.6 Å². The van der Waals surface area contributed by atoms with Crippen molar-refractivity contribution in [1.29, 1.82) is 0 Å². The number of halogens is 4. The van der Waals surface area contributed by atoms with Crippen LogP contribution in [0.15, 0.2) is 18.2 Å². The topological polar surface area (TPSA) is 20.3 Å². The van der Waals surface area contributed by atoms with Crippen molar-refractivity contribution in [2.45, 2.75) is 25.9 Å². The van der Waals surface area contributed by atoms with Crippen LogP contribution in [-0.2, 0) is 0 Å². The van der Waals surface area contributed by atoms with Crippen molar-refractivity contribution in [3.05, 3.63) is 28.8 Å². The molecule has 0 spiro atoms. The summed E-state index contributed by atoms with van der Waals surface area (Å²) in [6.07, 6.45) is -3.54. The Kier molecular flexibility index (Phi) is 4.28. The van der Waals surface area contributed by atoms with Gasteiger partial charge in [-0.3, -0.25) is 4.79 Å². The molecule has 20 heavy (non-hydrogen) atoms. The van der Waals surface area contributed by atoms with Crippen molar-refractivity contribution in [1.82, 2.24) is 0 Å². The molecule has 1 unspecified atom stereocenters. The normalized spacial score (nSPS) is 20.1. The van der Waals surface area contributed by atoms with E-state index >= 15 is 0 Å². The quantitative estimate of drug-likeness (QED) is 0.758. The minimum absolute atomic E-state index is 0.0807. The van der Waals surface area contributed by atoms with E-state index in [0.29, 0.717) is 29.2 Å². The van der Waals surface area contributed by atoms with Crippen LogP contribution in [0.4, 0.5) is 18.9 Å². The molecule has 0 aliphatic carbocycles. The first kappa shape index (κ1) is 15.2. The van der Waals surface area contributed by atoms with E-state index in [1.165, 1.54) is 13.0 Å². The second-order valence-electron chi connectivity index (χ2n) is 5.05. The molecule has 1 saturated heterocycles. The van der Waals surface area contributed by atoms with E-state index < -0.39 is 12.1 Å². The second-order valence-corrected chi connectivity index (χ2v) is 5.46. The van der Waals surface area contributed by atoms with E-state index in [2.05, 4.69) is 0 Å². The largest absolute Gasteiger partial charge is 0.393 e. The Labute approximate surface area is 120 Å². The van der Waals surface area contributed by atoms with Crippen molar-refractivity contribution in [3.8, 4) is 0 Å². The molecule has 0 aromatic heterocycles. The molecule has 1 heterocycles. The maximum absolute atomic E-state index is 12.8. The van der Waals surface area contributed by atoms with Gasteiger partial charge in [-0.15, -0.1) is 0 Å². The Morgan fingerprint density at radius 3 is 2.65 bits per heavy atom. The molecular weight excluding hydrogens is 291 g/mol. The number of hydrogen-bond acceptors (Lipinski definition) is 2. The van der Waals surface area contributed by atoms with E-state index in [-0.39, 0.29) is 18.7 Å². The lowest BCUT2D eigenvalue weighted by molar-refractivity contribution is -0.175. The fourth-order valence-electron chi connectivity index (χ4n) is 2.45. The summed E-state index contributed by atoms with van der Waals surface area (Å²) >= 11 is 6.09. The number of carbonyl (C=O) groups is 1. The number of nitrogens with zero attached hydrogens (tertiary/aromatic N) is 1. The zero-order valence-electron chi connectivity index (χ0n) is 11.0. The third-order valence-electron chi connectivity index (χ3n) is 3.58. The molecule has 2 rings (SSSR count). The molecule has 1 aliphatic rings. The number of rotatable bonds is 2. The first-order chi connectivity index (χ1) is 9.29. The molecule has 0 bridgehead atoms. The summed E-state index contributed by atoms with van der Waals surface area (Å²) in [7, 11) is 0. The van der Waals surface area contributed by atoms with Crippen LogP contribution < -0.4 is 4.90 Å². The highest BCUT2D eigenvalue weighted by Gasteiger charge is 2.42. The van der Waals surface area contributed by atoms with Crippen LogP contribution in [0.25, 0.3) is 0 Å². The number of carbonyl (C=O) groups excluding carboxylic acids is 1. The lowest BCUT2D eigenvalue weighted by Crippen LogP contribution is -2.41. The SMILES string of the molecule is CC(=O)c1ccc(N2CCCC(C(F)(F)F)C2)c(Cl)c1. The van der Waals surface area contributed by atoms with Gasteiger partial charge < -0.3 is 4.90 Å². The summed E-state index contributed by atoms with van der Waals surface area (Å²) in [6, 6.07) is 4.73. The van der Waals surface area contributed by atoms with Gasteiger partial charge >= 0.3 is 6.18 Å². The van der Waals surface area contributed by atoms with Gasteiger partial charge in [0.25, 0.3) is 0 Å². The summed E-state index contributed by atoms with van der Waals surface area (Å²) in [6.45, 7) is 1.89. The molecule has 0 radical (unpaired) electrons.